The van der Waals surface area contributed by atoms with E-state index in [9.17, 15) is 4.79 Å². The lowest BCUT2D eigenvalue weighted by atomic mass is 10.1. The highest BCUT2D eigenvalue weighted by Crippen LogP contribution is 2.33. The van der Waals surface area contributed by atoms with Gasteiger partial charge in [-0.3, -0.25) is 4.90 Å². The van der Waals surface area contributed by atoms with Crippen molar-refractivity contribution < 1.29 is 9.53 Å². The molecule has 0 N–H and O–H groups in total. The number of carbonyl (C=O) groups excluding carboxylic acids is 1. The monoisotopic (exact) mass is 371 g/mol. The van der Waals surface area contributed by atoms with E-state index < -0.39 is 8.07 Å². The standard InChI is InChI=1S/C22H33NO2Si/c1-5-9-13-19-16-17-21(26(6-2,7-3)8-4)18-23(19)22(24)25-20-14-11-10-12-15-20/h10-12,14-19H,5-9,13H2,1-4H3. The summed E-state index contributed by atoms with van der Waals surface area (Å²) in [6, 6.07) is 13.1. The van der Waals surface area contributed by atoms with Crippen LogP contribution in [0.4, 0.5) is 4.79 Å². The zero-order chi connectivity index (χ0) is 19.0. The molecular weight excluding hydrogens is 338 g/mol. The molecule has 1 atom stereocenters. The third-order valence-electron chi connectivity index (χ3n) is 5.79. The molecule has 1 amide bonds. The van der Waals surface area contributed by atoms with Gasteiger partial charge in [-0.15, -0.1) is 0 Å². The SMILES string of the molecule is CCCCC1C=CC([Si](CC)(CC)CC)=CN1C(=O)Oc1ccccc1. The highest BCUT2D eigenvalue weighted by atomic mass is 28.3. The summed E-state index contributed by atoms with van der Waals surface area (Å²) < 4.78 is 5.65. The zero-order valence-electron chi connectivity index (χ0n) is 16.7. The molecule has 3 nitrogen and oxygen atoms in total. The first-order valence-electron chi connectivity index (χ1n) is 10.1. The fraction of sp³-hybridized carbons (Fsp3) is 0.500. The van der Waals surface area contributed by atoms with E-state index in [-0.39, 0.29) is 12.1 Å². The number of rotatable bonds is 8. The number of benzene rings is 1. The second-order valence-corrected chi connectivity index (χ2v) is 12.3. The Morgan fingerprint density at radius 2 is 1.73 bits per heavy atom. The Labute approximate surface area is 159 Å². The van der Waals surface area contributed by atoms with Crippen LogP contribution in [-0.2, 0) is 0 Å². The molecule has 1 heterocycles. The molecule has 4 heteroatoms. The Morgan fingerprint density at radius 3 is 2.31 bits per heavy atom. The summed E-state index contributed by atoms with van der Waals surface area (Å²) in [5, 5.41) is 1.38. The largest absolute Gasteiger partial charge is 0.419 e. The van der Waals surface area contributed by atoms with Crippen LogP contribution in [-0.4, -0.2) is 25.1 Å². The van der Waals surface area contributed by atoms with Crippen LogP contribution in [0.5, 0.6) is 5.75 Å². The Bertz CT molecular complexity index is 627. The van der Waals surface area contributed by atoms with Crippen molar-refractivity contribution in [1.29, 1.82) is 0 Å². The summed E-state index contributed by atoms with van der Waals surface area (Å²) in [6.45, 7) is 9.07. The average molecular weight is 372 g/mol. The minimum atomic E-state index is -1.53. The van der Waals surface area contributed by atoms with E-state index in [0.29, 0.717) is 5.75 Å². The lowest BCUT2D eigenvalue weighted by Crippen LogP contribution is -2.43. The molecule has 1 aliphatic rings. The summed E-state index contributed by atoms with van der Waals surface area (Å²) in [5.74, 6) is 0.598. The second kappa shape index (κ2) is 9.77. The van der Waals surface area contributed by atoms with Gasteiger partial charge in [0.2, 0.25) is 0 Å². The minimum Gasteiger partial charge on any atom is -0.410 e. The predicted molar refractivity (Wildman–Crippen MR) is 112 cm³/mol. The van der Waals surface area contributed by atoms with E-state index in [2.05, 4.69) is 46.0 Å². The lowest BCUT2D eigenvalue weighted by Gasteiger charge is -2.36. The summed E-state index contributed by atoms with van der Waals surface area (Å²) in [6.07, 6.45) is 9.56. The smallest absolute Gasteiger partial charge is 0.410 e. The topological polar surface area (TPSA) is 29.5 Å². The van der Waals surface area contributed by atoms with Crippen LogP contribution in [0.15, 0.2) is 53.9 Å². The zero-order valence-corrected chi connectivity index (χ0v) is 17.7. The molecule has 1 unspecified atom stereocenters. The summed E-state index contributed by atoms with van der Waals surface area (Å²) in [4.78, 5) is 14.8. The molecular formula is C22H33NO2Si. The van der Waals surface area contributed by atoms with Crippen molar-refractivity contribution in [2.45, 2.75) is 71.1 Å². The highest BCUT2D eigenvalue weighted by molar-refractivity contribution is 6.87. The van der Waals surface area contributed by atoms with Crippen LogP contribution >= 0.6 is 0 Å². The van der Waals surface area contributed by atoms with Crippen LogP contribution in [0.2, 0.25) is 18.1 Å². The lowest BCUT2D eigenvalue weighted by molar-refractivity contribution is 0.159. The van der Waals surface area contributed by atoms with E-state index in [4.69, 9.17) is 4.74 Å². The first-order chi connectivity index (χ1) is 12.6. The number of ether oxygens (including phenoxy) is 1. The number of para-hydroxylation sites is 1. The maximum absolute atomic E-state index is 12.9. The number of hydrogen-bond donors (Lipinski definition) is 0. The van der Waals surface area contributed by atoms with Gasteiger partial charge in [-0.2, -0.15) is 0 Å². The maximum atomic E-state index is 12.9. The molecule has 26 heavy (non-hydrogen) atoms. The molecule has 0 saturated heterocycles. The second-order valence-electron chi connectivity index (χ2n) is 7.08. The molecule has 0 radical (unpaired) electrons. The van der Waals surface area contributed by atoms with Crippen LogP contribution in [0.25, 0.3) is 0 Å². The Morgan fingerprint density at radius 1 is 1.08 bits per heavy atom. The molecule has 0 bridgehead atoms. The summed E-state index contributed by atoms with van der Waals surface area (Å²) >= 11 is 0. The predicted octanol–water partition coefficient (Wildman–Crippen LogP) is 6.55. The van der Waals surface area contributed by atoms with Crippen molar-refractivity contribution in [3.05, 3.63) is 53.9 Å². The molecule has 0 fully saturated rings. The molecule has 1 aliphatic heterocycles. The molecule has 2 rings (SSSR count). The first kappa shape index (κ1) is 20.5. The van der Waals surface area contributed by atoms with Gasteiger partial charge >= 0.3 is 6.09 Å². The Balaban J connectivity index is 2.28. The Kier molecular flexibility index (Phi) is 7.70. The molecule has 142 valence electrons. The van der Waals surface area contributed by atoms with Crippen LogP contribution in [0.3, 0.4) is 0 Å². The number of allylic oxidation sites excluding steroid dienone is 2. The molecule has 0 saturated carbocycles. The fourth-order valence-electron chi connectivity index (χ4n) is 3.75. The van der Waals surface area contributed by atoms with Crippen molar-refractivity contribution in [2.75, 3.05) is 0 Å². The summed E-state index contributed by atoms with van der Waals surface area (Å²) in [5.41, 5.74) is 0. The maximum Gasteiger partial charge on any atom is 0.419 e. The first-order valence-corrected chi connectivity index (χ1v) is 12.7. The van der Waals surface area contributed by atoms with Crippen LogP contribution < -0.4 is 4.74 Å². The molecule has 1 aromatic carbocycles. The number of nitrogens with zero attached hydrogens (tertiary/aromatic N) is 1. The number of hydrogen-bond acceptors (Lipinski definition) is 2. The van der Waals surface area contributed by atoms with Crippen molar-refractivity contribution in [3.63, 3.8) is 0 Å². The average Bonchev–Trinajstić information content (AvgIpc) is 2.69. The van der Waals surface area contributed by atoms with Gasteiger partial charge in [-0.25, -0.2) is 4.79 Å². The van der Waals surface area contributed by atoms with Crippen LogP contribution in [0.1, 0.15) is 47.0 Å². The van der Waals surface area contributed by atoms with Gasteiger partial charge in [0.25, 0.3) is 0 Å². The normalized spacial score (nSPS) is 17.2. The van der Waals surface area contributed by atoms with E-state index in [1.54, 1.807) is 0 Å². The number of amides is 1. The molecule has 0 aliphatic carbocycles. The van der Waals surface area contributed by atoms with Gasteiger partial charge in [-0.1, -0.05) is 89.0 Å². The van der Waals surface area contributed by atoms with Crippen molar-refractivity contribution in [1.82, 2.24) is 4.90 Å². The molecule has 1 aromatic rings. The van der Waals surface area contributed by atoms with E-state index in [1.165, 1.54) is 23.3 Å². The minimum absolute atomic E-state index is 0.0900. The van der Waals surface area contributed by atoms with Crippen molar-refractivity contribution in [2.24, 2.45) is 0 Å². The van der Waals surface area contributed by atoms with Gasteiger partial charge in [0.1, 0.15) is 5.75 Å². The van der Waals surface area contributed by atoms with Crippen molar-refractivity contribution in [3.8, 4) is 5.75 Å². The summed E-state index contributed by atoms with van der Waals surface area (Å²) in [7, 11) is -1.53. The van der Waals surface area contributed by atoms with E-state index >= 15 is 0 Å². The number of carbonyl (C=O) groups is 1. The third kappa shape index (κ3) is 4.67. The molecule has 0 aromatic heterocycles. The fourth-order valence-corrected chi connectivity index (χ4v) is 7.34. The third-order valence-corrected chi connectivity index (χ3v) is 11.4. The van der Waals surface area contributed by atoms with E-state index in [0.717, 1.165) is 19.3 Å². The van der Waals surface area contributed by atoms with E-state index in [1.807, 2.05) is 35.2 Å². The van der Waals surface area contributed by atoms with Gasteiger partial charge in [0.15, 0.2) is 0 Å². The van der Waals surface area contributed by atoms with Crippen LogP contribution in [0, 0.1) is 0 Å². The van der Waals surface area contributed by atoms with Gasteiger partial charge in [0.05, 0.1) is 14.1 Å². The van der Waals surface area contributed by atoms with Gasteiger partial charge in [0, 0.05) is 6.20 Å². The highest BCUT2D eigenvalue weighted by Gasteiger charge is 2.34. The van der Waals surface area contributed by atoms with Gasteiger partial charge < -0.3 is 4.74 Å². The number of unbranched alkanes of at least 4 members (excludes halogenated alkanes) is 1. The van der Waals surface area contributed by atoms with Gasteiger partial charge in [-0.05, 0) is 23.7 Å². The quantitative estimate of drug-likeness (QED) is 0.485. The Hall–Kier alpha value is -1.81. The van der Waals surface area contributed by atoms with Crippen molar-refractivity contribution >= 4 is 14.2 Å². The molecule has 0 spiro atoms.